The zero-order valence-electron chi connectivity index (χ0n) is 26.2. The van der Waals surface area contributed by atoms with Gasteiger partial charge < -0.3 is 10.6 Å². The normalized spacial score (nSPS) is 25.1. The summed E-state index contributed by atoms with van der Waals surface area (Å²) in [6.45, 7) is 25.6. The van der Waals surface area contributed by atoms with Crippen LogP contribution >= 0.6 is 0 Å². The number of unbranched alkanes of at least 4 members (excludes halogenated alkanes) is 2. The molecule has 0 aromatic carbocycles. The predicted molar refractivity (Wildman–Crippen MR) is 157 cm³/mol. The lowest BCUT2D eigenvalue weighted by atomic mass is 9.69. The van der Waals surface area contributed by atoms with Gasteiger partial charge in [-0.1, -0.05) is 39.5 Å². The van der Waals surface area contributed by atoms with E-state index in [0.717, 1.165) is 17.5 Å². The molecule has 5 nitrogen and oxygen atoms in total. The third-order valence-corrected chi connectivity index (χ3v) is 8.76. The van der Waals surface area contributed by atoms with Crippen molar-refractivity contribution in [3.8, 4) is 0 Å². The quantitative estimate of drug-likeness (QED) is 0.334. The second-order valence-corrected chi connectivity index (χ2v) is 15.2. The Morgan fingerprint density at radius 3 is 1.24 bits per heavy atom. The van der Waals surface area contributed by atoms with Gasteiger partial charge in [-0.05, 0) is 113 Å². The van der Waals surface area contributed by atoms with Crippen LogP contribution < -0.4 is 10.6 Å². The van der Waals surface area contributed by atoms with Gasteiger partial charge in [0.15, 0.2) is 0 Å². The molecule has 0 aliphatic carbocycles. The summed E-state index contributed by atoms with van der Waals surface area (Å²) in [5, 5.41) is 7.78. The van der Waals surface area contributed by atoms with Gasteiger partial charge in [0, 0.05) is 34.0 Å². The Morgan fingerprint density at radius 2 is 0.946 bits per heavy atom. The summed E-state index contributed by atoms with van der Waals surface area (Å²) in [6, 6.07) is 0. The highest BCUT2D eigenvalue weighted by atomic mass is 15.1. The van der Waals surface area contributed by atoms with Crippen molar-refractivity contribution in [2.24, 2.45) is 11.8 Å². The molecular weight excluding hydrogens is 454 g/mol. The molecule has 1 aromatic rings. The van der Waals surface area contributed by atoms with Gasteiger partial charge in [-0.2, -0.15) is 0 Å². The summed E-state index contributed by atoms with van der Waals surface area (Å²) in [7, 11) is 0. The monoisotopic (exact) mass is 513 g/mol. The molecule has 0 radical (unpaired) electrons. The number of aryl methyl sites for hydroxylation is 1. The smallest absolute Gasteiger partial charge is 0.135 e. The molecule has 2 aliphatic heterocycles. The first-order valence-electron chi connectivity index (χ1n) is 15.4. The van der Waals surface area contributed by atoms with E-state index in [-0.39, 0.29) is 22.2 Å². The van der Waals surface area contributed by atoms with Crippen molar-refractivity contribution in [3.05, 3.63) is 17.5 Å². The van der Waals surface area contributed by atoms with E-state index in [1.165, 1.54) is 64.2 Å². The highest BCUT2D eigenvalue weighted by Crippen LogP contribution is 2.45. The predicted octanol–water partition coefficient (Wildman–Crippen LogP) is 7.84. The third kappa shape index (κ3) is 8.46. The Bertz CT molecular complexity index is 787. The Balaban J connectivity index is 2.02. The lowest BCUT2D eigenvalue weighted by molar-refractivity contribution is 0.105. The molecule has 3 heterocycles. The van der Waals surface area contributed by atoms with Crippen LogP contribution in [0, 0.1) is 18.8 Å². The van der Waals surface area contributed by atoms with Crippen molar-refractivity contribution in [2.45, 2.75) is 174 Å². The van der Waals surface area contributed by atoms with Crippen LogP contribution in [-0.2, 0) is 0 Å². The van der Waals surface area contributed by atoms with E-state index in [9.17, 15) is 0 Å². The molecule has 2 atom stereocenters. The fourth-order valence-corrected chi connectivity index (χ4v) is 8.23. The molecule has 1 aromatic heterocycles. The molecule has 0 bridgehead atoms. The standard InChI is InChI=1S/C32H59N5/c1-12-14-16-25(23-18-29(4,5)36-30(6,7)19-23)27-33-22(3)34-28(35-27)26(17-15-13-2)24-20-31(8,9)37-32(10,11)21-24/h23-26,36-37H,12-21H2,1-11H3. The van der Waals surface area contributed by atoms with Gasteiger partial charge in [0.25, 0.3) is 0 Å². The maximum Gasteiger partial charge on any atom is 0.135 e. The van der Waals surface area contributed by atoms with Crippen LogP contribution in [0.2, 0.25) is 0 Å². The Labute approximate surface area is 229 Å². The molecule has 0 spiro atoms. The molecule has 5 heteroatoms. The Hall–Kier alpha value is -1.07. The van der Waals surface area contributed by atoms with Gasteiger partial charge in [-0.15, -0.1) is 0 Å². The van der Waals surface area contributed by atoms with Crippen molar-refractivity contribution in [1.29, 1.82) is 0 Å². The summed E-state index contributed by atoms with van der Waals surface area (Å²) in [5.41, 5.74) is 0.491. The molecule has 0 amide bonds. The van der Waals surface area contributed by atoms with E-state index in [1.807, 2.05) is 0 Å². The first kappa shape index (κ1) is 30.5. The molecule has 37 heavy (non-hydrogen) atoms. The molecule has 212 valence electrons. The number of piperidine rings is 2. The van der Waals surface area contributed by atoms with Gasteiger partial charge in [0.05, 0.1) is 0 Å². The lowest BCUT2D eigenvalue weighted by Gasteiger charge is -2.49. The average molecular weight is 514 g/mol. The first-order chi connectivity index (χ1) is 17.1. The van der Waals surface area contributed by atoms with E-state index < -0.39 is 0 Å². The molecule has 2 N–H and O–H groups in total. The third-order valence-electron chi connectivity index (χ3n) is 8.76. The highest BCUT2D eigenvalue weighted by molar-refractivity contribution is 5.12. The molecular formula is C32H59N5. The summed E-state index contributed by atoms with van der Waals surface area (Å²) < 4.78 is 0. The SMILES string of the molecule is CCCCC(c1nc(C)nc(C(CCCC)C2CC(C)(C)NC(C)(C)C2)n1)C1CC(C)(C)NC(C)(C)C1. The Morgan fingerprint density at radius 1 is 0.622 bits per heavy atom. The van der Waals surface area contributed by atoms with Crippen molar-refractivity contribution in [1.82, 2.24) is 25.6 Å². The first-order valence-corrected chi connectivity index (χ1v) is 15.4. The fraction of sp³-hybridized carbons (Fsp3) is 0.906. The van der Waals surface area contributed by atoms with Crippen LogP contribution in [0.4, 0.5) is 0 Å². The van der Waals surface area contributed by atoms with Crippen molar-refractivity contribution >= 4 is 0 Å². The van der Waals surface area contributed by atoms with E-state index >= 15 is 0 Å². The molecule has 2 aliphatic rings. The van der Waals surface area contributed by atoms with E-state index in [4.69, 9.17) is 15.0 Å². The Kier molecular flexibility index (Phi) is 9.54. The van der Waals surface area contributed by atoms with Gasteiger partial charge in [-0.25, -0.2) is 15.0 Å². The van der Waals surface area contributed by atoms with E-state index in [0.29, 0.717) is 23.7 Å². The highest BCUT2D eigenvalue weighted by Gasteiger charge is 2.44. The second kappa shape index (κ2) is 11.6. The number of hydrogen-bond donors (Lipinski definition) is 2. The number of nitrogens with one attached hydrogen (secondary N) is 2. The largest absolute Gasteiger partial charge is 0.307 e. The molecule has 3 rings (SSSR count). The molecule has 0 saturated carbocycles. The summed E-state index contributed by atoms with van der Waals surface area (Å²) in [5.74, 6) is 5.01. The minimum Gasteiger partial charge on any atom is -0.307 e. The van der Waals surface area contributed by atoms with Gasteiger partial charge in [-0.3, -0.25) is 0 Å². The maximum atomic E-state index is 5.42. The number of rotatable bonds is 10. The fourth-order valence-electron chi connectivity index (χ4n) is 8.23. The summed E-state index contributed by atoms with van der Waals surface area (Å²) >= 11 is 0. The van der Waals surface area contributed by atoms with Crippen LogP contribution in [-0.4, -0.2) is 37.1 Å². The number of hydrogen-bond acceptors (Lipinski definition) is 5. The van der Waals surface area contributed by atoms with Crippen molar-refractivity contribution in [2.75, 3.05) is 0 Å². The molecule has 2 saturated heterocycles. The number of nitrogens with zero attached hydrogens (tertiary/aromatic N) is 3. The maximum absolute atomic E-state index is 5.42. The zero-order valence-corrected chi connectivity index (χ0v) is 26.2. The number of aromatic nitrogens is 3. The molecule has 2 unspecified atom stereocenters. The van der Waals surface area contributed by atoms with E-state index in [2.05, 4.69) is 86.8 Å². The van der Waals surface area contributed by atoms with Gasteiger partial charge >= 0.3 is 0 Å². The zero-order chi connectivity index (χ0) is 27.6. The van der Waals surface area contributed by atoms with Crippen molar-refractivity contribution < 1.29 is 0 Å². The van der Waals surface area contributed by atoms with Crippen LogP contribution in [0.3, 0.4) is 0 Å². The summed E-state index contributed by atoms with van der Waals surface area (Å²) in [4.78, 5) is 15.6. The average Bonchev–Trinajstić information content (AvgIpc) is 2.69. The van der Waals surface area contributed by atoms with Crippen LogP contribution in [0.15, 0.2) is 0 Å². The minimum atomic E-state index is 0.123. The van der Waals surface area contributed by atoms with Gasteiger partial charge in [0.2, 0.25) is 0 Å². The summed E-state index contributed by atoms with van der Waals surface area (Å²) in [6.07, 6.45) is 11.9. The van der Waals surface area contributed by atoms with Gasteiger partial charge in [0.1, 0.15) is 17.5 Å². The van der Waals surface area contributed by atoms with Crippen LogP contribution in [0.25, 0.3) is 0 Å². The topological polar surface area (TPSA) is 62.7 Å². The van der Waals surface area contributed by atoms with Crippen LogP contribution in [0.5, 0.6) is 0 Å². The lowest BCUT2D eigenvalue weighted by Crippen LogP contribution is -2.58. The molecule has 2 fully saturated rings. The van der Waals surface area contributed by atoms with E-state index in [1.54, 1.807) is 0 Å². The minimum absolute atomic E-state index is 0.123. The second-order valence-electron chi connectivity index (χ2n) is 15.2. The van der Waals surface area contributed by atoms with Crippen molar-refractivity contribution in [3.63, 3.8) is 0 Å². The van der Waals surface area contributed by atoms with Crippen LogP contribution in [0.1, 0.15) is 163 Å².